The van der Waals surface area contributed by atoms with Crippen LogP contribution in [0, 0.1) is 12.7 Å². The van der Waals surface area contributed by atoms with E-state index in [1.165, 1.54) is 23.9 Å². The summed E-state index contributed by atoms with van der Waals surface area (Å²) in [6, 6.07) is 4.04. The van der Waals surface area contributed by atoms with Crippen molar-refractivity contribution >= 4 is 17.7 Å². The van der Waals surface area contributed by atoms with Gasteiger partial charge in [-0.25, -0.2) is 4.39 Å². The quantitative estimate of drug-likeness (QED) is 0.861. The number of thioether (sulfide) groups is 1. The summed E-state index contributed by atoms with van der Waals surface area (Å²) in [5, 5.41) is 11.8. The molecule has 18 heavy (non-hydrogen) atoms. The van der Waals surface area contributed by atoms with Crippen molar-refractivity contribution in [2.75, 3.05) is 12.9 Å². The molecule has 5 heteroatoms. The zero-order valence-electron chi connectivity index (χ0n) is 10.7. The summed E-state index contributed by atoms with van der Waals surface area (Å²) >= 11 is 1.48. The maximum absolute atomic E-state index is 13.2. The van der Waals surface area contributed by atoms with E-state index in [0.717, 1.165) is 0 Å². The molecule has 1 aromatic carbocycles. The predicted octanol–water partition coefficient (Wildman–Crippen LogP) is 1.98. The third-order valence-corrected chi connectivity index (χ3v) is 3.87. The van der Waals surface area contributed by atoms with Gasteiger partial charge in [-0.2, -0.15) is 11.8 Å². The molecule has 0 saturated carbocycles. The summed E-state index contributed by atoms with van der Waals surface area (Å²) in [4.78, 5) is 11.9. The minimum atomic E-state index is -0.420. The van der Waals surface area contributed by atoms with Crippen molar-refractivity contribution in [3.8, 4) is 0 Å². The lowest BCUT2D eigenvalue weighted by Crippen LogP contribution is -2.41. The number of carbonyl (C=O) groups excluding carboxylic acids is 1. The molecule has 0 bridgehead atoms. The monoisotopic (exact) mass is 271 g/mol. The Morgan fingerprint density at radius 3 is 2.67 bits per heavy atom. The minimum absolute atomic E-state index is 0.00914. The van der Waals surface area contributed by atoms with Gasteiger partial charge in [-0.3, -0.25) is 4.79 Å². The largest absolute Gasteiger partial charge is 0.395 e. The van der Waals surface area contributed by atoms with Crippen LogP contribution in [0.5, 0.6) is 0 Å². The van der Waals surface area contributed by atoms with E-state index in [-0.39, 0.29) is 23.8 Å². The number of aliphatic hydroxyl groups excluding tert-OH is 1. The molecule has 0 spiro atoms. The third kappa shape index (κ3) is 3.99. The van der Waals surface area contributed by atoms with Gasteiger partial charge in [0.25, 0.3) is 5.91 Å². The van der Waals surface area contributed by atoms with Crippen molar-refractivity contribution in [3.05, 3.63) is 35.1 Å². The van der Waals surface area contributed by atoms with E-state index in [0.29, 0.717) is 11.1 Å². The number of hydrogen-bond acceptors (Lipinski definition) is 3. The average molecular weight is 271 g/mol. The van der Waals surface area contributed by atoms with Crippen LogP contribution in [0.2, 0.25) is 0 Å². The molecular formula is C13H18FNO2S. The van der Waals surface area contributed by atoms with Gasteiger partial charge in [0.15, 0.2) is 0 Å². The lowest BCUT2D eigenvalue weighted by molar-refractivity contribution is 0.0935. The third-order valence-electron chi connectivity index (χ3n) is 2.70. The number of nitrogens with one attached hydrogen (secondary N) is 1. The van der Waals surface area contributed by atoms with Crippen LogP contribution >= 0.6 is 11.8 Å². The molecule has 0 aliphatic carbocycles. The van der Waals surface area contributed by atoms with Gasteiger partial charge in [-0.05, 0) is 43.9 Å². The van der Waals surface area contributed by atoms with Gasteiger partial charge in [-0.15, -0.1) is 0 Å². The second-order valence-corrected chi connectivity index (χ2v) is 5.31. The Hall–Kier alpha value is -1.07. The summed E-state index contributed by atoms with van der Waals surface area (Å²) < 4.78 is 13.2. The highest BCUT2D eigenvalue weighted by Gasteiger charge is 2.18. The van der Waals surface area contributed by atoms with E-state index in [2.05, 4.69) is 5.32 Å². The summed E-state index contributed by atoms with van der Waals surface area (Å²) in [6.45, 7) is 3.55. The first-order chi connectivity index (χ1) is 8.47. The molecule has 2 N–H and O–H groups in total. The Morgan fingerprint density at radius 1 is 1.50 bits per heavy atom. The molecule has 2 unspecified atom stereocenters. The Kier molecular flexibility index (Phi) is 5.62. The van der Waals surface area contributed by atoms with E-state index in [1.807, 2.05) is 13.2 Å². The van der Waals surface area contributed by atoms with Gasteiger partial charge >= 0.3 is 0 Å². The number of hydrogen-bond donors (Lipinski definition) is 2. The number of rotatable bonds is 5. The molecule has 0 saturated heterocycles. The molecule has 0 fully saturated rings. The highest BCUT2D eigenvalue weighted by atomic mass is 32.2. The van der Waals surface area contributed by atoms with E-state index in [4.69, 9.17) is 5.11 Å². The van der Waals surface area contributed by atoms with Gasteiger partial charge in [0, 0.05) is 16.9 Å². The van der Waals surface area contributed by atoms with Crippen molar-refractivity contribution in [3.63, 3.8) is 0 Å². The van der Waals surface area contributed by atoms with Crippen molar-refractivity contribution in [2.24, 2.45) is 0 Å². The van der Waals surface area contributed by atoms with Gasteiger partial charge in [0.05, 0.1) is 6.61 Å². The van der Waals surface area contributed by atoms with Crippen LogP contribution in [0.3, 0.4) is 0 Å². The molecule has 2 atom stereocenters. The van der Waals surface area contributed by atoms with Crippen LogP contribution in [0.15, 0.2) is 18.2 Å². The number of aliphatic hydroxyl groups is 1. The fourth-order valence-corrected chi connectivity index (χ4v) is 2.31. The molecule has 1 amide bonds. The first-order valence-corrected chi connectivity index (χ1v) is 6.98. The Morgan fingerprint density at radius 2 is 2.17 bits per heavy atom. The lowest BCUT2D eigenvalue weighted by Gasteiger charge is -2.21. The molecule has 1 rings (SSSR count). The van der Waals surface area contributed by atoms with Crippen molar-refractivity contribution < 1.29 is 14.3 Å². The average Bonchev–Trinajstić information content (AvgIpc) is 2.29. The van der Waals surface area contributed by atoms with E-state index >= 15 is 0 Å². The molecule has 0 aliphatic heterocycles. The molecule has 100 valence electrons. The number of benzene rings is 1. The van der Waals surface area contributed by atoms with Crippen LogP contribution < -0.4 is 5.32 Å². The van der Waals surface area contributed by atoms with Gasteiger partial charge in [-0.1, -0.05) is 0 Å². The standard InChI is InChI=1S/C13H18FNO2S/c1-8-4-10(6-11(14)5-8)13(17)15-9(2)12(7-16)18-3/h4-6,9,12,16H,7H2,1-3H3,(H,15,17). The Bertz CT molecular complexity index is 401. The predicted molar refractivity (Wildman–Crippen MR) is 72.5 cm³/mol. The molecule has 0 aliphatic rings. The fraction of sp³-hybridized carbons (Fsp3) is 0.462. The second-order valence-electron chi connectivity index (χ2n) is 4.24. The normalized spacial score (nSPS) is 14.1. The smallest absolute Gasteiger partial charge is 0.251 e. The maximum Gasteiger partial charge on any atom is 0.251 e. The van der Waals surface area contributed by atoms with E-state index < -0.39 is 5.82 Å². The molecule has 1 aromatic rings. The minimum Gasteiger partial charge on any atom is -0.395 e. The zero-order chi connectivity index (χ0) is 13.7. The van der Waals surface area contributed by atoms with Gasteiger partial charge in [0.1, 0.15) is 5.82 Å². The summed E-state index contributed by atoms with van der Waals surface area (Å²) in [7, 11) is 0. The first-order valence-electron chi connectivity index (χ1n) is 5.69. The van der Waals surface area contributed by atoms with Crippen LogP contribution in [0.4, 0.5) is 4.39 Å². The molecule has 0 radical (unpaired) electrons. The SMILES string of the molecule is CSC(CO)C(C)NC(=O)c1cc(C)cc(F)c1. The molecule has 0 heterocycles. The highest BCUT2D eigenvalue weighted by molar-refractivity contribution is 7.99. The maximum atomic E-state index is 13.2. The van der Waals surface area contributed by atoms with Crippen LogP contribution in [-0.4, -0.2) is 35.2 Å². The zero-order valence-corrected chi connectivity index (χ0v) is 11.6. The van der Waals surface area contributed by atoms with Crippen LogP contribution in [0.25, 0.3) is 0 Å². The van der Waals surface area contributed by atoms with Gasteiger partial charge < -0.3 is 10.4 Å². The van der Waals surface area contributed by atoms with Crippen molar-refractivity contribution in [2.45, 2.75) is 25.1 Å². The first kappa shape index (κ1) is 15.0. The highest BCUT2D eigenvalue weighted by Crippen LogP contribution is 2.12. The fourth-order valence-electron chi connectivity index (χ4n) is 1.69. The number of carbonyl (C=O) groups is 1. The van der Waals surface area contributed by atoms with Crippen LogP contribution in [-0.2, 0) is 0 Å². The number of aryl methyl sites for hydroxylation is 1. The van der Waals surface area contributed by atoms with Gasteiger partial charge in [0.2, 0.25) is 0 Å². The number of amides is 1. The van der Waals surface area contributed by atoms with Crippen molar-refractivity contribution in [1.82, 2.24) is 5.32 Å². The Labute approximate surface area is 111 Å². The Balaban J connectivity index is 2.76. The second kappa shape index (κ2) is 6.75. The van der Waals surface area contributed by atoms with E-state index in [1.54, 1.807) is 13.0 Å². The molecule has 0 aromatic heterocycles. The topological polar surface area (TPSA) is 49.3 Å². The molecule has 3 nitrogen and oxygen atoms in total. The molecular weight excluding hydrogens is 253 g/mol. The summed E-state index contributed by atoms with van der Waals surface area (Å²) in [5.41, 5.74) is 1.01. The van der Waals surface area contributed by atoms with Crippen molar-refractivity contribution in [1.29, 1.82) is 0 Å². The summed E-state index contributed by atoms with van der Waals surface area (Å²) in [6.07, 6.45) is 1.87. The van der Waals surface area contributed by atoms with E-state index in [9.17, 15) is 9.18 Å². The van der Waals surface area contributed by atoms with Crippen LogP contribution in [0.1, 0.15) is 22.8 Å². The summed E-state index contributed by atoms with van der Waals surface area (Å²) in [5.74, 6) is -0.742. The number of halogens is 1. The lowest BCUT2D eigenvalue weighted by atomic mass is 10.1.